The Hall–Kier alpha value is -2.26. The first-order valence-corrected chi connectivity index (χ1v) is 13.0. The Bertz CT molecular complexity index is 1230. The average Bonchev–Trinajstić information content (AvgIpc) is 3.16. The van der Waals surface area contributed by atoms with E-state index in [9.17, 15) is 23.9 Å². The van der Waals surface area contributed by atoms with Crippen molar-refractivity contribution < 1.29 is 53.4 Å². The van der Waals surface area contributed by atoms with Crippen molar-refractivity contribution >= 4 is 35.1 Å². The van der Waals surface area contributed by atoms with Crippen LogP contribution in [-0.2, 0) is 9.59 Å². The van der Waals surface area contributed by atoms with Crippen LogP contribution in [0.4, 0.5) is 4.39 Å². The molecular weight excluding hydrogens is 520 g/mol. The van der Waals surface area contributed by atoms with Gasteiger partial charge in [0.2, 0.25) is 0 Å². The normalized spacial score (nSPS) is 21.6. The molecule has 0 unspecified atom stereocenters. The molecule has 0 bridgehead atoms. The zero-order valence-corrected chi connectivity index (χ0v) is 24.7. The summed E-state index contributed by atoms with van der Waals surface area (Å²) in [5.41, 5.74) is 0.601. The fourth-order valence-corrected chi connectivity index (χ4v) is 5.53. The molecule has 0 aromatic heterocycles. The zero-order chi connectivity index (χ0) is 26.7. The van der Waals surface area contributed by atoms with Crippen molar-refractivity contribution in [2.24, 2.45) is 10.9 Å². The molecule has 2 amide bonds. The van der Waals surface area contributed by atoms with Gasteiger partial charge in [0.25, 0.3) is 11.8 Å². The summed E-state index contributed by atoms with van der Waals surface area (Å²) in [5.74, 6) is -2.06. The molecule has 1 saturated carbocycles. The smallest absolute Gasteiger partial charge is 0.550 e. The molecule has 38 heavy (non-hydrogen) atoms. The van der Waals surface area contributed by atoms with Gasteiger partial charge in [-0.15, -0.1) is 0 Å². The summed E-state index contributed by atoms with van der Waals surface area (Å²) in [6.07, 6.45) is 4.01. The summed E-state index contributed by atoms with van der Waals surface area (Å²) in [6, 6.07) is 11.0. The van der Waals surface area contributed by atoms with E-state index < -0.39 is 23.4 Å². The number of nitrogens with zero attached hydrogens (tertiary/aromatic N) is 2. The third kappa shape index (κ3) is 6.14. The van der Waals surface area contributed by atoms with E-state index in [-0.39, 0.29) is 70.8 Å². The van der Waals surface area contributed by atoms with Crippen LogP contribution in [-0.4, -0.2) is 40.6 Å². The van der Waals surface area contributed by atoms with Crippen LogP contribution in [0.15, 0.2) is 47.5 Å². The van der Waals surface area contributed by atoms with Gasteiger partial charge in [0.05, 0.1) is 11.1 Å². The molecule has 2 aliphatic rings. The van der Waals surface area contributed by atoms with Crippen molar-refractivity contribution in [2.45, 2.75) is 64.1 Å². The second-order valence-electron chi connectivity index (χ2n) is 9.75. The van der Waals surface area contributed by atoms with E-state index >= 15 is 0 Å². The maximum absolute atomic E-state index is 14.9. The average molecular weight is 550 g/mol. The van der Waals surface area contributed by atoms with Gasteiger partial charge in [0.1, 0.15) is 11.4 Å². The van der Waals surface area contributed by atoms with E-state index in [1.54, 1.807) is 35.2 Å². The van der Waals surface area contributed by atoms with Gasteiger partial charge in [-0.1, -0.05) is 43.1 Å². The number of aliphatic carboxylic acids is 1. The Balaban J connectivity index is 0.00000400. The van der Waals surface area contributed by atoms with Gasteiger partial charge in [0, 0.05) is 30.1 Å². The fourth-order valence-electron chi connectivity index (χ4n) is 5.35. The molecule has 1 spiro atoms. The molecule has 1 heterocycles. The van der Waals surface area contributed by atoms with Crippen LogP contribution in [0.25, 0.3) is 0 Å². The minimum absolute atomic E-state index is 0. The van der Waals surface area contributed by atoms with Crippen LogP contribution < -0.4 is 40.0 Å². The summed E-state index contributed by atoms with van der Waals surface area (Å²) in [5, 5.41) is 13.1. The van der Waals surface area contributed by atoms with Crippen molar-refractivity contribution in [3.63, 3.8) is 0 Å². The van der Waals surface area contributed by atoms with Crippen LogP contribution >= 0.6 is 11.6 Å². The first-order chi connectivity index (χ1) is 17.7. The number of carboxylic acids is 1. The number of hydrogen-bond acceptors (Lipinski definition) is 5. The topological polar surface area (TPSA) is 102 Å². The Labute approximate surface area is 249 Å². The number of hydrogen-bond donors (Lipinski definition) is 1. The number of carbonyl (C=O) groups excluding carboxylic acids is 3. The SMILES string of the molecule is CCC1CCC2(CC1)N=C(c1cccc(Cl)c1F)C(=O)N2[C@H](C)c1ccc(C(=O)NCCC(=O)[O-])cc1.[Na+]. The molecular formula is C28H30ClFN3NaO4. The molecule has 10 heteroatoms. The molecule has 2 aromatic rings. The van der Waals surface area contributed by atoms with Gasteiger partial charge < -0.3 is 20.1 Å². The molecule has 1 aliphatic carbocycles. The largest absolute Gasteiger partial charge is 1.00 e. The van der Waals surface area contributed by atoms with Crippen molar-refractivity contribution in [1.29, 1.82) is 0 Å². The Morgan fingerprint density at radius 3 is 2.47 bits per heavy atom. The van der Waals surface area contributed by atoms with Gasteiger partial charge in [-0.25, -0.2) is 4.39 Å². The van der Waals surface area contributed by atoms with E-state index in [4.69, 9.17) is 16.6 Å². The number of carbonyl (C=O) groups is 3. The van der Waals surface area contributed by atoms with E-state index in [1.165, 1.54) is 12.1 Å². The molecule has 0 saturated heterocycles. The first-order valence-electron chi connectivity index (χ1n) is 12.6. The third-order valence-corrected chi connectivity index (χ3v) is 7.83. The van der Waals surface area contributed by atoms with Crippen molar-refractivity contribution in [1.82, 2.24) is 10.2 Å². The number of carboxylic acid groups (broad SMARTS) is 1. The Morgan fingerprint density at radius 1 is 1.21 bits per heavy atom. The number of benzene rings is 2. The van der Waals surface area contributed by atoms with E-state index in [1.807, 2.05) is 6.92 Å². The van der Waals surface area contributed by atoms with Crippen LogP contribution in [0, 0.1) is 11.7 Å². The Morgan fingerprint density at radius 2 is 1.87 bits per heavy atom. The summed E-state index contributed by atoms with van der Waals surface area (Å²) in [4.78, 5) is 43.4. The van der Waals surface area contributed by atoms with Crippen LogP contribution in [0.3, 0.4) is 0 Å². The van der Waals surface area contributed by atoms with Gasteiger partial charge in [-0.2, -0.15) is 0 Å². The number of halogens is 2. The second kappa shape index (κ2) is 12.7. The molecule has 4 rings (SSSR count). The van der Waals surface area contributed by atoms with E-state index in [0.29, 0.717) is 24.3 Å². The van der Waals surface area contributed by atoms with Gasteiger partial charge in [-0.05, 0) is 68.4 Å². The van der Waals surface area contributed by atoms with Gasteiger partial charge in [-0.3, -0.25) is 14.6 Å². The number of aliphatic imine (C=N–C) groups is 1. The zero-order valence-electron chi connectivity index (χ0n) is 21.9. The summed E-state index contributed by atoms with van der Waals surface area (Å²) < 4.78 is 14.9. The van der Waals surface area contributed by atoms with Crippen LogP contribution in [0.2, 0.25) is 5.02 Å². The number of amides is 2. The van der Waals surface area contributed by atoms with Crippen LogP contribution in [0.5, 0.6) is 0 Å². The van der Waals surface area contributed by atoms with E-state index in [2.05, 4.69) is 12.2 Å². The molecule has 1 N–H and O–H groups in total. The van der Waals surface area contributed by atoms with Crippen molar-refractivity contribution in [2.75, 3.05) is 6.54 Å². The second-order valence-corrected chi connectivity index (χ2v) is 10.2. The van der Waals surface area contributed by atoms with Crippen molar-refractivity contribution in [3.8, 4) is 0 Å². The maximum atomic E-state index is 14.9. The minimum atomic E-state index is -1.24. The maximum Gasteiger partial charge on any atom is 1.00 e. The predicted molar refractivity (Wildman–Crippen MR) is 137 cm³/mol. The van der Waals surface area contributed by atoms with Gasteiger partial charge in [0.15, 0.2) is 5.82 Å². The third-order valence-electron chi connectivity index (χ3n) is 7.54. The van der Waals surface area contributed by atoms with Crippen LogP contribution in [0.1, 0.15) is 79.9 Å². The molecule has 0 radical (unpaired) electrons. The molecule has 7 nitrogen and oxygen atoms in total. The van der Waals surface area contributed by atoms with E-state index in [0.717, 1.165) is 24.8 Å². The Kier molecular flexibility index (Phi) is 10.1. The predicted octanol–water partition coefficient (Wildman–Crippen LogP) is 1.04. The number of rotatable bonds is 8. The first kappa shape index (κ1) is 30.3. The van der Waals surface area contributed by atoms with Gasteiger partial charge >= 0.3 is 29.6 Å². The standard InChI is InChI=1S/C28H31ClFN3O4.Na/c1-3-18-11-14-28(15-12-18)32-25(21-5-4-6-22(29)24(21)30)27(37)33(28)17(2)19-7-9-20(10-8-19)26(36)31-16-13-23(34)35;/h4-10,17-18H,3,11-16H2,1-2H3,(H,31,36)(H,34,35);/q;+1/p-1/t17-,18?,28?;/m1./s1. The summed E-state index contributed by atoms with van der Waals surface area (Å²) in [6.45, 7) is 4.05. The minimum Gasteiger partial charge on any atom is -0.550 e. The summed E-state index contributed by atoms with van der Waals surface area (Å²) in [7, 11) is 0. The number of nitrogens with one attached hydrogen (secondary N) is 1. The molecule has 1 aliphatic heterocycles. The van der Waals surface area contributed by atoms with Crippen molar-refractivity contribution in [3.05, 3.63) is 70.0 Å². The monoisotopic (exact) mass is 549 g/mol. The molecule has 1 atom stereocenters. The molecule has 2 aromatic carbocycles. The molecule has 196 valence electrons. The molecule has 1 fully saturated rings. The summed E-state index contributed by atoms with van der Waals surface area (Å²) >= 11 is 6.02. The fraction of sp³-hybridized carbons (Fsp3) is 0.429. The quantitative estimate of drug-likeness (QED) is 0.497.